The van der Waals surface area contributed by atoms with Gasteiger partial charge in [-0.3, -0.25) is 0 Å². The molecule has 116 valence electrons. The highest BCUT2D eigenvalue weighted by Crippen LogP contribution is 2.37. The summed E-state index contributed by atoms with van der Waals surface area (Å²) in [6.45, 7) is 2.52. The Bertz CT molecular complexity index is 659. The molecule has 0 amide bonds. The summed E-state index contributed by atoms with van der Waals surface area (Å²) >= 11 is 5.86. The standard InChI is InChI=1S/C16H17ClN2O3/c1-2-22-11-5-3-10(4-6-11)7-14(19-18)12-8-13(17)16(21)9-15(12)20/h3-6,8-9,14,18,20-21H,2,7H2,1H3. The summed E-state index contributed by atoms with van der Waals surface area (Å²) in [5, 5.41) is 23.1. The molecule has 0 saturated carbocycles. The minimum atomic E-state index is -0.573. The Labute approximate surface area is 133 Å². The van der Waals surface area contributed by atoms with E-state index in [-0.39, 0.29) is 16.5 Å². The molecular weight excluding hydrogens is 304 g/mol. The van der Waals surface area contributed by atoms with Crippen molar-refractivity contribution in [2.45, 2.75) is 19.4 Å². The van der Waals surface area contributed by atoms with Crippen molar-refractivity contribution in [2.24, 2.45) is 5.11 Å². The Morgan fingerprint density at radius 2 is 1.86 bits per heavy atom. The van der Waals surface area contributed by atoms with E-state index in [0.29, 0.717) is 18.6 Å². The van der Waals surface area contributed by atoms with Crippen molar-refractivity contribution in [1.82, 2.24) is 0 Å². The van der Waals surface area contributed by atoms with Crippen molar-refractivity contribution >= 4 is 11.6 Å². The Hall–Kier alpha value is -2.27. The first-order valence-electron chi connectivity index (χ1n) is 6.84. The van der Waals surface area contributed by atoms with Crippen LogP contribution in [0.25, 0.3) is 0 Å². The molecule has 0 heterocycles. The van der Waals surface area contributed by atoms with E-state index in [2.05, 4.69) is 5.11 Å². The summed E-state index contributed by atoms with van der Waals surface area (Å²) in [6, 6.07) is 9.51. The molecule has 1 unspecified atom stereocenters. The number of halogens is 1. The maximum Gasteiger partial charge on any atom is 0.137 e. The van der Waals surface area contributed by atoms with Gasteiger partial charge in [0, 0.05) is 18.1 Å². The molecule has 0 aromatic heterocycles. The van der Waals surface area contributed by atoms with Gasteiger partial charge in [0.25, 0.3) is 0 Å². The number of hydrogen-bond acceptors (Lipinski definition) is 5. The van der Waals surface area contributed by atoms with Crippen molar-refractivity contribution in [3.05, 3.63) is 52.5 Å². The molecule has 5 nitrogen and oxygen atoms in total. The first-order chi connectivity index (χ1) is 10.5. The molecule has 0 aliphatic rings. The third-order valence-corrected chi connectivity index (χ3v) is 3.58. The average molecular weight is 321 g/mol. The third kappa shape index (κ3) is 3.68. The second-order valence-electron chi connectivity index (χ2n) is 4.79. The van der Waals surface area contributed by atoms with Crippen molar-refractivity contribution in [2.75, 3.05) is 6.61 Å². The quantitative estimate of drug-likeness (QED) is 0.686. The molecule has 0 aliphatic heterocycles. The van der Waals surface area contributed by atoms with E-state index in [1.54, 1.807) is 0 Å². The topological polar surface area (TPSA) is 85.9 Å². The Morgan fingerprint density at radius 1 is 1.18 bits per heavy atom. The lowest BCUT2D eigenvalue weighted by Gasteiger charge is -2.14. The van der Waals surface area contributed by atoms with Gasteiger partial charge in [0.2, 0.25) is 0 Å². The lowest BCUT2D eigenvalue weighted by atomic mass is 9.98. The Morgan fingerprint density at radius 3 is 2.45 bits per heavy atom. The summed E-state index contributed by atoms with van der Waals surface area (Å²) < 4.78 is 5.38. The first-order valence-corrected chi connectivity index (χ1v) is 7.22. The van der Waals surface area contributed by atoms with E-state index >= 15 is 0 Å². The van der Waals surface area contributed by atoms with Gasteiger partial charge in [0.15, 0.2) is 0 Å². The number of hydrogen-bond donors (Lipinski definition) is 3. The van der Waals surface area contributed by atoms with E-state index in [9.17, 15) is 10.2 Å². The SMILES string of the molecule is CCOc1ccc(CC(N=N)c2cc(Cl)c(O)cc2O)cc1. The van der Waals surface area contributed by atoms with Crippen molar-refractivity contribution in [1.29, 1.82) is 5.53 Å². The molecule has 0 spiro atoms. The van der Waals surface area contributed by atoms with Crippen LogP contribution in [0.5, 0.6) is 17.2 Å². The number of phenolic OH excluding ortho intramolecular Hbond substituents is 2. The summed E-state index contributed by atoms with van der Waals surface area (Å²) in [6.07, 6.45) is 0.435. The Balaban J connectivity index is 2.22. The molecule has 0 aliphatic carbocycles. The molecule has 3 N–H and O–H groups in total. The molecule has 0 saturated heterocycles. The maximum atomic E-state index is 9.93. The van der Waals surface area contributed by atoms with Crippen LogP contribution in [0.3, 0.4) is 0 Å². The highest BCUT2D eigenvalue weighted by molar-refractivity contribution is 6.32. The molecule has 2 rings (SSSR count). The lowest BCUT2D eigenvalue weighted by Crippen LogP contribution is -2.01. The van der Waals surface area contributed by atoms with Gasteiger partial charge in [-0.2, -0.15) is 5.11 Å². The summed E-state index contributed by atoms with van der Waals surface area (Å²) in [7, 11) is 0. The van der Waals surface area contributed by atoms with E-state index in [0.717, 1.165) is 17.4 Å². The predicted octanol–water partition coefficient (Wildman–Crippen LogP) is 4.46. The number of phenols is 2. The summed E-state index contributed by atoms with van der Waals surface area (Å²) in [5.41, 5.74) is 8.72. The van der Waals surface area contributed by atoms with Gasteiger partial charge in [0.1, 0.15) is 23.3 Å². The number of nitrogens with one attached hydrogen (secondary N) is 1. The zero-order chi connectivity index (χ0) is 16.1. The zero-order valence-electron chi connectivity index (χ0n) is 12.1. The van der Waals surface area contributed by atoms with Crippen molar-refractivity contribution < 1.29 is 14.9 Å². The largest absolute Gasteiger partial charge is 0.507 e. The fraction of sp³-hybridized carbons (Fsp3) is 0.250. The van der Waals surface area contributed by atoms with Crippen LogP contribution in [0.2, 0.25) is 5.02 Å². The van der Waals surface area contributed by atoms with E-state index in [1.807, 2.05) is 31.2 Å². The van der Waals surface area contributed by atoms with Gasteiger partial charge >= 0.3 is 0 Å². The second kappa shape index (κ2) is 7.13. The van der Waals surface area contributed by atoms with Gasteiger partial charge in [-0.15, -0.1) is 0 Å². The lowest BCUT2D eigenvalue weighted by molar-refractivity contribution is 0.340. The number of rotatable bonds is 6. The monoisotopic (exact) mass is 320 g/mol. The molecule has 2 aromatic carbocycles. The van der Waals surface area contributed by atoms with E-state index in [1.165, 1.54) is 6.07 Å². The van der Waals surface area contributed by atoms with Crippen LogP contribution in [-0.2, 0) is 6.42 Å². The van der Waals surface area contributed by atoms with Gasteiger partial charge in [-0.05, 0) is 30.7 Å². The van der Waals surface area contributed by atoms with Crippen LogP contribution in [0, 0.1) is 5.53 Å². The van der Waals surface area contributed by atoms with Crippen LogP contribution in [0.1, 0.15) is 24.1 Å². The molecule has 2 aromatic rings. The van der Waals surface area contributed by atoms with Crippen molar-refractivity contribution in [3.8, 4) is 17.2 Å². The van der Waals surface area contributed by atoms with E-state index < -0.39 is 6.04 Å². The highest BCUT2D eigenvalue weighted by atomic mass is 35.5. The molecule has 22 heavy (non-hydrogen) atoms. The van der Waals surface area contributed by atoms with Crippen LogP contribution < -0.4 is 4.74 Å². The summed E-state index contributed by atoms with van der Waals surface area (Å²) in [4.78, 5) is 0. The van der Waals surface area contributed by atoms with Crippen LogP contribution in [0.15, 0.2) is 41.5 Å². The minimum Gasteiger partial charge on any atom is -0.507 e. The van der Waals surface area contributed by atoms with Gasteiger partial charge in [-0.25, -0.2) is 5.53 Å². The molecule has 1 atom stereocenters. The molecule has 0 bridgehead atoms. The minimum absolute atomic E-state index is 0.119. The Kier molecular flexibility index (Phi) is 5.22. The zero-order valence-corrected chi connectivity index (χ0v) is 12.8. The average Bonchev–Trinajstić information content (AvgIpc) is 2.51. The fourth-order valence-electron chi connectivity index (χ4n) is 2.17. The maximum absolute atomic E-state index is 9.93. The third-order valence-electron chi connectivity index (χ3n) is 3.27. The van der Waals surface area contributed by atoms with Gasteiger partial charge in [-0.1, -0.05) is 23.7 Å². The van der Waals surface area contributed by atoms with Crippen LogP contribution >= 0.6 is 11.6 Å². The van der Waals surface area contributed by atoms with Crippen LogP contribution in [0.4, 0.5) is 0 Å². The van der Waals surface area contributed by atoms with Gasteiger partial charge < -0.3 is 14.9 Å². The van der Waals surface area contributed by atoms with Crippen molar-refractivity contribution in [3.63, 3.8) is 0 Å². The molecule has 0 fully saturated rings. The smallest absolute Gasteiger partial charge is 0.137 e. The molecular formula is C16H17ClN2O3. The second-order valence-corrected chi connectivity index (χ2v) is 5.20. The van der Waals surface area contributed by atoms with E-state index in [4.69, 9.17) is 21.9 Å². The normalized spacial score (nSPS) is 11.9. The summed E-state index contributed by atoms with van der Waals surface area (Å²) in [5.74, 6) is 0.447. The predicted molar refractivity (Wildman–Crippen MR) is 84.0 cm³/mol. The number of benzene rings is 2. The highest BCUT2D eigenvalue weighted by Gasteiger charge is 2.18. The number of aromatic hydroxyl groups is 2. The first kappa shape index (κ1) is 16.1. The fourth-order valence-corrected chi connectivity index (χ4v) is 2.34. The molecule has 6 heteroatoms. The molecule has 0 radical (unpaired) electrons. The van der Waals surface area contributed by atoms with Gasteiger partial charge in [0.05, 0.1) is 11.6 Å². The van der Waals surface area contributed by atoms with Crippen LogP contribution in [-0.4, -0.2) is 16.8 Å². The number of nitrogens with zero attached hydrogens (tertiary/aromatic N) is 1. The number of ether oxygens (including phenoxy) is 1.